The molecule has 1 aromatic carbocycles. The minimum absolute atomic E-state index is 0.0379. The first kappa shape index (κ1) is 22.8. The molecule has 0 fully saturated rings. The molecule has 0 aromatic heterocycles. The van der Waals surface area contributed by atoms with Crippen molar-refractivity contribution in [2.75, 3.05) is 25.0 Å². The lowest BCUT2D eigenvalue weighted by Gasteiger charge is -2.30. The minimum Gasteiger partial charge on any atom is -0.497 e. The Morgan fingerprint density at radius 1 is 1.11 bits per heavy atom. The summed E-state index contributed by atoms with van der Waals surface area (Å²) >= 11 is 5.74. The largest absolute Gasteiger partial charge is 0.497 e. The molecule has 1 unspecified atom stereocenters. The zero-order chi connectivity index (χ0) is 20.6. The third kappa shape index (κ3) is 7.09. The highest BCUT2D eigenvalue weighted by atomic mass is 35.5. The van der Waals surface area contributed by atoms with Crippen LogP contribution in [0.2, 0.25) is 0 Å². The monoisotopic (exact) mass is 399 g/mol. The number of carbonyl (C=O) groups is 3. The van der Waals surface area contributed by atoms with Gasteiger partial charge in [-0.15, -0.1) is 11.6 Å². The summed E-state index contributed by atoms with van der Waals surface area (Å²) in [6, 6.07) is 5.57. The van der Waals surface area contributed by atoms with Crippen molar-refractivity contribution in [3.63, 3.8) is 0 Å². The van der Waals surface area contributed by atoms with Gasteiger partial charge in [-0.3, -0.25) is 14.5 Å². The molecule has 27 heavy (non-hydrogen) atoms. The Morgan fingerprint density at radius 2 is 1.70 bits per heavy atom. The van der Waals surface area contributed by atoms with Crippen LogP contribution in [0.5, 0.6) is 5.75 Å². The normalized spacial score (nSPS) is 12.1. The van der Waals surface area contributed by atoms with E-state index >= 15 is 0 Å². The molecule has 1 rings (SSSR count). The number of carbonyl (C=O) groups excluding carboxylic acids is 3. The van der Waals surface area contributed by atoms with E-state index in [9.17, 15) is 14.4 Å². The Kier molecular flexibility index (Phi) is 8.56. The average Bonchev–Trinajstić information content (AvgIpc) is 2.62. The van der Waals surface area contributed by atoms with Crippen LogP contribution >= 0.6 is 11.6 Å². The second kappa shape index (κ2) is 10.2. The van der Waals surface area contributed by atoms with Crippen molar-refractivity contribution in [2.45, 2.75) is 45.3 Å². The number of hydrogen-bond acceptors (Lipinski definition) is 6. The van der Waals surface area contributed by atoms with Gasteiger partial charge >= 0.3 is 11.9 Å². The van der Waals surface area contributed by atoms with Gasteiger partial charge in [0.2, 0.25) is 5.91 Å². The molecule has 0 spiro atoms. The topological polar surface area (TPSA) is 82.1 Å². The van der Waals surface area contributed by atoms with Crippen molar-refractivity contribution in [1.82, 2.24) is 0 Å². The molecule has 150 valence electrons. The third-order valence-corrected chi connectivity index (χ3v) is 3.79. The zero-order valence-electron chi connectivity index (χ0n) is 16.3. The van der Waals surface area contributed by atoms with E-state index in [1.165, 1.54) is 19.1 Å². The van der Waals surface area contributed by atoms with Crippen molar-refractivity contribution in [1.29, 1.82) is 0 Å². The summed E-state index contributed by atoms with van der Waals surface area (Å²) in [6.45, 7) is 5.26. The molecule has 1 amide bonds. The molecule has 0 N–H and O–H groups in total. The fourth-order valence-electron chi connectivity index (χ4n) is 2.44. The molecule has 0 aliphatic rings. The van der Waals surface area contributed by atoms with Crippen molar-refractivity contribution in [3.05, 3.63) is 24.3 Å². The van der Waals surface area contributed by atoms with Gasteiger partial charge in [0.1, 0.15) is 23.3 Å². The third-order valence-electron chi connectivity index (χ3n) is 3.56. The van der Waals surface area contributed by atoms with Crippen LogP contribution in [-0.2, 0) is 23.9 Å². The first-order chi connectivity index (χ1) is 12.6. The van der Waals surface area contributed by atoms with Gasteiger partial charge in [0.15, 0.2) is 0 Å². The van der Waals surface area contributed by atoms with Gasteiger partial charge in [-0.1, -0.05) is 0 Å². The van der Waals surface area contributed by atoms with E-state index in [-0.39, 0.29) is 18.7 Å². The van der Waals surface area contributed by atoms with Gasteiger partial charge < -0.3 is 14.2 Å². The number of ether oxygens (including phenoxy) is 3. The van der Waals surface area contributed by atoms with Crippen LogP contribution in [0.25, 0.3) is 0 Å². The van der Waals surface area contributed by atoms with Crippen molar-refractivity contribution < 1.29 is 28.6 Å². The number of hydrogen-bond donors (Lipinski definition) is 0. The molecule has 7 nitrogen and oxygen atoms in total. The lowest BCUT2D eigenvalue weighted by atomic mass is 10.1. The number of esters is 2. The van der Waals surface area contributed by atoms with Crippen LogP contribution in [0.15, 0.2) is 24.3 Å². The minimum atomic E-state index is -1.01. The Balaban J connectivity index is 3.10. The fourth-order valence-corrected chi connectivity index (χ4v) is 2.57. The van der Waals surface area contributed by atoms with E-state index < -0.39 is 29.5 Å². The maximum atomic E-state index is 12.4. The summed E-state index contributed by atoms with van der Waals surface area (Å²) in [5.74, 6) is -1.33. The first-order valence-electron chi connectivity index (χ1n) is 8.44. The van der Waals surface area contributed by atoms with Crippen molar-refractivity contribution in [2.24, 2.45) is 0 Å². The van der Waals surface area contributed by atoms with Gasteiger partial charge in [0, 0.05) is 12.1 Å². The zero-order valence-corrected chi connectivity index (χ0v) is 17.0. The number of nitrogens with zero attached hydrogens (tertiary/aromatic N) is 1. The number of rotatable bonds is 8. The predicted octanol–water partition coefficient (Wildman–Crippen LogP) is 2.93. The van der Waals surface area contributed by atoms with Gasteiger partial charge in [0.25, 0.3) is 0 Å². The van der Waals surface area contributed by atoms with Crippen LogP contribution < -0.4 is 9.64 Å². The Morgan fingerprint density at radius 3 is 2.15 bits per heavy atom. The predicted molar refractivity (Wildman–Crippen MR) is 102 cm³/mol. The van der Waals surface area contributed by atoms with Crippen LogP contribution in [0.4, 0.5) is 5.69 Å². The molecule has 1 atom stereocenters. The number of anilines is 1. The molecular formula is C19H26ClNO6. The van der Waals surface area contributed by atoms with E-state index in [1.807, 2.05) is 0 Å². The van der Waals surface area contributed by atoms with E-state index in [0.717, 1.165) is 0 Å². The Labute approximate surface area is 164 Å². The number of methoxy groups -OCH3 is 2. The SMILES string of the molecule is COC(=O)C(CCC(=O)OC(C)(C)C)N(C(=O)CCl)c1ccc(OC)cc1. The summed E-state index contributed by atoms with van der Waals surface area (Å²) in [4.78, 5) is 38.0. The summed E-state index contributed by atoms with van der Waals surface area (Å²) < 4.78 is 15.2. The van der Waals surface area contributed by atoms with Crippen LogP contribution in [0.1, 0.15) is 33.6 Å². The molecule has 1 aromatic rings. The maximum absolute atomic E-state index is 12.4. The van der Waals surface area contributed by atoms with Crippen LogP contribution in [0.3, 0.4) is 0 Å². The Hall–Kier alpha value is -2.28. The fraction of sp³-hybridized carbons (Fsp3) is 0.526. The first-order valence-corrected chi connectivity index (χ1v) is 8.98. The number of alkyl halides is 1. The van der Waals surface area contributed by atoms with Gasteiger partial charge in [-0.25, -0.2) is 4.79 Å². The van der Waals surface area contributed by atoms with Crippen molar-refractivity contribution in [3.8, 4) is 5.75 Å². The van der Waals surface area contributed by atoms with E-state index in [0.29, 0.717) is 11.4 Å². The van der Waals surface area contributed by atoms with Crippen molar-refractivity contribution >= 4 is 35.1 Å². The molecule has 0 bridgehead atoms. The van der Waals surface area contributed by atoms with Crippen LogP contribution in [-0.4, -0.2) is 49.6 Å². The lowest BCUT2D eigenvalue weighted by Crippen LogP contribution is -2.47. The van der Waals surface area contributed by atoms with E-state index in [1.54, 1.807) is 45.0 Å². The summed E-state index contributed by atoms with van der Waals surface area (Å²) in [7, 11) is 2.74. The second-order valence-electron chi connectivity index (χ2n) is 6.76. The Bertz CT molecular complexity index is 653. The average molecular weight is 400 g/mol. The summed E-state index contributed by atoms with van der Waals surface area (Å²) in [6.07, 6.45) is -0.0184. The molecule has 8 heteroatoms. The highest BCUT2D eigenvalue weighted by Gasteiger charge is 2.32. The smallest absolute Gasteiger partial charge is 0.328 e. The lowest BCUT2D eigenvalue weighted by molar-refractivity contribution is -0.155. The van der Waals surface area contributed by atoms with Gasteiger partial charge in [0.05, 0.1) is 14.2 Å². The quantitative estimate of drug-likeness (QED) is 0.493. The van der Waals surface area contributed by atoms with Crippen LogP contribution in [0, 0.1) is 0 Å². The molecule has 0 aliphatic carbocycles. The second-order valence-corrected chi connectivity index (χ2v) is 7.03. The van der Waals surface area contributed by atoms with Gasteiger partial charge in [-0.2, -0.15) is 0 Å². The molecule has 0 saturated heterocycles. The molecule has 0 radical (unpaired) electrons. The highest BCUT2D eigenvalue weighted by Crippen LogP contribution is 2.24. The number of amides is 1. The standard InChI is InChI=1S/C19H26ClNO6/c1-19(2,3)27-17(23)11-10-15(18(24)26-5)21(16(22)12-20)13-6-8-14(25-4)9-7-13/h6-9,15H,10-12H2,1-5H3. The molecule has 0 aliphatic heterocycles. The van der Waals surface area contributed by atoms with Gasteiger partial charge in [-0.05, 0) is 51.5 Å². The summed E-state index contributed by atoms with van der Waals surface area (Å²) in [5.41, 5.74) is -0.194. The van der Waals surface area contributed by atoms with E-state index in [4.69, 9.17) is 25.8 Å². The summed E-state index contributed by atoms with van der Waals surface area (Å²) in [5, 5.41) is 0. The molecule has 0 heterocycles. The number of halogens is 1. The molecular weight excluding hydrogens is 374 g/mol. The van der Waals surface area contributed by atoms with E-state index in [2.05, 4.69) is 0 Å². The number of benzene rings is 1. The highest BCUT2D eigenvalue weighted by molar-refractivity contribution is 6.29. The molecule has 0 saturated carbocycles. The maximum Gasteiger partial charge on any atom is 0.328 e.